The van der Waals surface area contributed by atoms with Crippen LogP contribution < -0.4 is 5.73 Å². The molecule has 98 valence electrons. The SMILES string of the molecule is NCCc1nc2cc(Cl)ccc2n1Cc1ccco1. The van der Waals surface area contributed by atoms with Gasteiger partial charge in [-0.25, -0.2) is 4.98 Å². The minimum atomic E-state index is 0.565. The van der Waals surface area contributed by atoms with Crippen LogP contribution in [0, 0.1) is 0 Å². The van der Waals surface area contributed by atoms with Gasteiger partial charge in [0.05, 0.1) is 23.8 Å². The molecule has 0 fully saturated rings. The first-order chi connectivity index (χ1) is 9.28. The van der Waals surface area contributed by atoms with Crippen molar-refractivity contribution in [1.29, 1.82) is 0 Å². The van der Waals surface area contributed by atoms with Gasteiger partial charge in [0.1, 0.15) is 11.6 Å². The Hall–Kier alpha value is -1.78. The van der Waals surface area contributed by atoms with Gasteiger partial charge in [-0.05, 0) is 36.9 Å². The highest BCUT2D eigenvalue weighted by Gasteiger charge is 2.11. The molecular formula is C14H14ClN3O. The summed E-state index contributed by atoms with van der Waals surface area (Å²) < 4.78 is 7.53. The molecule has 0 saturated carbocycles. The number of aromatic nitrogens is 2. The van der Waals surface area contributed by atoms with E-state index in [4.69, 9.17) is 21.8 Å². The summed E-state index contributed by atoms with van der Waals surface area (Å²) >= 11 is 6.01. The van der Waals surface area contributed by atoms with Crippen LogP contribution in [-0.4, -0.2) is 16.1 Å². The smallest absolute Gasteiger partial charge is 0.123 e. The number of hydrogen-bond donors (Lipinski definition) is 1. The Morgan fingerprint density at radius 1 is 1.32 bits per heavy atom. The maximum absolute atomic E-state index is 6.01. The average Bonchev–Trinajstić information content (AvgIpc) is 2.99. The second-order valence-electron chi connectivity index (χ2n) is 4.37. The standard InChI is InChI=1S/C14H14ClN3O/c15-10-3-4-13-12(8-10)17-14(5-6-16)18(13)9-11-2-1-7-19-11/h1-4,7-8H,5-6,9,16H2. The van der Waals surface area contributed by atoms with Gasteiger partial charge in [-0.1, -0.05) is 11.6 Å². The molecular weight excluding hydrogens is 262 g/mol. The first-order valence-electron chi connectivity index (χ1n) is 6.15. The number of imidazole rings is 1. The summed E-state index contributed by atoms with van der Waals surface area (Å²) in [6.45, 7) is 1.22. The molecule has 0 aliphatic heterocycles. The lowest BCUT2D eigenvalue weighted by Gasteiger charge is -2.06. The summed E-state index contributed by atoms with van der Waals surface area (Å²) in [6.07, 6.45) is 2.40. The summed E-state index contributed by atoms with van der Waals surface area (Å²) in [4.78, 5) is 4.60. The van der Waals surface area contributed by atoms with E-state index in [9.17, 15) is 0 Å². The Bertz CT molecular complexity index is 688. The predicted molar refractivity (Wildman–Crippen MR) is 75.3 cm³/mol. The highest BCUT2D eigenvalue weighted by molar-refractivity contribution is 6.31. The van der Waals surface area contributed by atoms with Gasteiger partial charge in [0.2, 0.25) is 0 Å². The molecule has 0 radical (unpaired) electrons. The van der Waals surface area contributed by atoms with Crippen LogP contribution in [0.3, 0.4) is 0 Å². The van der Waals surface area contributed by atoms with Crippen LogP contribution in [0.5, 0.6) is 0 Å². The Morgan fingerprint density at radius 3 is 2.95 bits per heavy atom. The summed E-state index contributed by atoms with van der Waals surface area (Å²) in [5.74, 6) is 1.85. The van der Waals surface area contributed by atoms with E-state index < -0.39 is 0 Å². The molecule has 2 N–H and O–H groups in total. The van der Waals surface area contributed by atoms with Crippen LogP contribution >= 0.6 is 11.6 Å². The number of nitrogens with zero attached hydrogens (tertiary/aromatic N) is 2. The number of rotatable bonds is 4. The van der Waals surface area contributed by atoms with E-state index in [-0.39, 0.29) is 0 Å². The quantitative estimate of drug-likeness (QED) is 0.796. The monoisotopic (exact) mass is 275 g/mol. The molecule has 3 aromatic rings. The maximum Gasteiger partial charge on any atom is 0.123 e. The zero-order chi connectivity index (χ0) is 13.2. The molecule has 0 saturated heterocycles. The van der Waals surface area contributed by atoms with Gasteiger partial charge < -0.3 is 14.7 Å². The second kappa shape index (κ2) is 5.07. The molecule has 4 nitrogen and oxygen atoms in total. The van der Waals surface area contributed by atoms with Crippen LogP contribution in [0.25, 0.3) is 11.0 Å². The van der Waals surface area contributed by atoms with Crippen LogP contribution in [-0.2, 0) is 13.0 Å². The van der Waals surface area contributed by atoms with Crippen molar-refractivity contribution in [3.05, 3.63) is 53.2 Å². The van der Waals surface area contributed by atoms with Gasteiger partial charge in [0.25, 0.3) is 0 Å². The summed E-state index contributed by atoms with van der Waals surface area (Å²) in [5.41, 5.74) is 7.59. The highest BCUT2D eigenvalue weighted by Crippen LogP contribution is 2.22. The Balaban J connectivity index is 2.10. The van der Waals surface area contributed by atoms with Crippen molar-refractivity contribution in [1.82, 2.24) is 9.55 Å². The fourth-order valence-electron chi connectivity index (χ4n) is 2.21. The molecule has 0 atom stereocenters. The molecule has 0 bridgehead atoms. The summed E-state index contributed by atoms with van der Waals surface area (Å²) in [7, 11) is 0. The predicted octanol–water partition coefficient (Wildman–Crippen LogP) is 2.83. The van der Waals surface area contributed by atoms with Gasteiger partial charge in [0.15, 0.2) is 0 Å². The van der Waals surface area contributed by atoms with Crippen molar-refractivity contribution in [3.8, 4) is 0 Å². The molecule has 3 rings (SSSR count). The summed E-state index contributed by atoms with van der Waals surface area (Å²) in [5, 5.41) is 0.689. The first kappa shape index (κ1) is 12.3. The van der Waals surface area contributed by atoms with Crippen LogP contribution in [0.15, 0.2) is 41.0 Å². The molecule has 19 heavy (non-hydrogen) atoms. The third-order valence-electron chi connectivity index (χ3n) is 3.05. The molecule has 0 unspecified atom stereocenters. The molecule has 0 spiro atoms. The molecule has 0 aliphatic carbocycles. The van der Waals surface area contributed by atoms with Crippen molar-refractivity contribution < 1.29 is 4.42 Å². The van der Waals surface area contributed by atoms with Gasteiger partial charge >= 0.3 is 0 Å². The van der Waals surface area contributed by atoms with E-state index >= 15 is 0 Å². The van der Waals surface area contributed by atoms with Gasteiger partial charge in [-0.3, -0.25) is 0 Å². The Morgan fingerprint density at radius 2 is 2.21 bits per heavy atom. The average molecular weight is 276 g/mol. The first-order valence-corrected chi connectivity index (χ1v) is 6.53. The zero-order valence-corrected chi connectivity index (χ0v) is 11.1. The molecule has 2 aromatic heterocycles. The van der Waals surface area contributed by atoms with Crippen LogP contribution in [0.1, 0.15) is 11.6 Å². The third-order valence-corrected chi connectivity index (χ3v) is 3.29. The van der Waals surface area contributed by atoms with Gasteiger partial charge in [-0.2, -0.15) is 0 Å². The summed E-state index contributed by atoms with van der Waals surface area (Å²) in [6, 6.07) is 9.56. The Labute approximate surface area is 115 Å². The lowest BCUT2D eigenvalue weighted by atomic mass is 10.3. The van der Waals surface area contributed by atoms with Crippen molar-refractivity contribution >= 4 is 22.6 Å². The number of furan rings is 1. The van der Waals surface area contributed by atoms with E-state index in [1.807, 2.05) is 30.3 Å². The van der Waals surface area contributed by atoms with E-state index in [1.54, 1.807) is 6.26 Å². The fraction of sp³-hybridized carbons (Fsp3) is 0.214. The van der Waals surface area contributed by atoms with Crippen molar-refractivity contribution in [2.75, 3.05) is 6.54 Å². The molecule has 1 aromatic carbocycles. The fourth-order valence-corrected chi connectivity index (χ4v) is 2.37. The number of halogens is 1. The normalized spacial score (nSPS) is 11.3. The zero-order valence-electron chi connectivity index (χ0n) is 10.3. The van der Waals surface area contributed by atoms with E-state index in [0.29, 0.717) is 18.1 Å². The van der Waals surface area contributed by atoms with Gasteiger partial charge in [-0.15, -0.1) is 0 Å². The maximum atomic E-state index is 6.01. The lowest BCUT2D eigenvalue weighted by Crippen LogP contribution is -2.10. The second-order valence-corrected chi connectivity index (χ2v) is 4.80. The largest absolute Gasteiger partial charge is 0.467 e. The molecule has 5 heteroatoms. The number of benzene rings is 1. The third kappa shape index (κ3) is 2.37. The number of nitrogens with two attached hydrogens (primary N) is 1. The van der Waals surface area contributed by atoms with E-state index in [1.165, 1.54) is 0 Å². The molecule has 0 amide bonds. The molecule has 2 heterocycles. The topological polar surface area (TPSA) is 57.0 Å². The van der Waals surface area contributed by atoms with Crippen molar-refractivity contribution in [3.63, 3.8) is 0 Å². The minimum absolute atomic E-state index is 0.565. The van der Waals surface area contributed by atoms with E-state index in [0.717, 1.165) is 29.0 Å². The van der Waals surface area contributed by atoms with Crippen LogP contribution in [0.2, 0.25) is 5.02 Å². The lowest BCUT2D eigenvalue weighted by molar-refractivity contribution is 0.492. The van der Waals surface area contributed by atoms with Crippen molar-refractivity contribution in [2.45, 2.75) is 13.0 Å². The van der Waals surface area contributed by atoms with Crippen molar-refractivity contribution in [2.24, 2.45) is 5.73 Å². The minimum Gasteiger partial charge on any atom is -0.467 e. The van der Waals surface area contributed by atoms with E-state index in [2.05, 4.69) is 9.55 Å². The molecule has 0 aliphatic rings. The number of hydrogen-bond acceptors (Lipinski definition) is 3. The Kier molecular flexibility index (Phi) is 3.27. The van der Waals surface area contributed by atoms with Crippen LogP contribution in [0.4, 0.5) is 0 Å². The number of fused-ring (bicyclic) bond motifs is 1. The van der Waals surface area contributed by atoms with Gasteiger partial charge in [0, 0.05) is 11.4 Å². The highest BCUT2D eigenvalue weighted by atomic mass is 35.5.